The molecule has 0 saturated carbocycles. The van der Waals surface area contributed by atoms with Crippen molar-refractivity contribution in [3.05, 3.63) is 71.5 Å². The van der Waals surface area contributed by atoms with Gasteiger partial charge >= 0.3 is 0 Å². The van der Waals surface area contributed by atoms with E-state index in [4.69, 9.17) is 0 Å². The first-order valence-electron chi connectivity index (χ1n) is 7.87. The summed E-state index contributed by atoms with van der Waals surface area (Å²) in [5.74, 6) is -0.149. The predicted octanol–water partition coefficient (Wildman–Crippen LogP) is 4.59. The Morgan fingerprint density at radius 2 is 1.88 bits per heavy atom. The fourth-order valence-electron chi connectivity index (χ4n) is 2.92. The molecule has 1 amide bonds. The maximum atomic E-state index is 12.6. The maximum absolute atomic E-state index is 12.6. The normalized spacial score (nSPS) is 11.1. The quantitative estimate of drug-likeness (QED) is 0.568. The number of nitrogens with one attached hydrogen (secondary N) is 2. The van der Waals surface area contributed by atoms with E-state index >= 15 is 0 Å². The number of carbonyl (C=O) groups is 1. The van der Waals surface area contributed by atoms with Gasteiger partial charge in [-0.25, -0.2) is 0 Å². The molecule has 0 atom stereocenters. The molecular weight excluding hydrogens is 298 g/mol. The molecule has 2 aromatic heterocycles. The third-order valence-corrected chi connectivity index (χ3v) is 4.25. The van der Waals surface area contributed by atoms with Crippen molar-refractivity contribution in [3.63, 3.8) is 0 Å². The Labute approximate surface area is 139 Å². The molecule has 2 aromatic carbocycles. The van der Waals surface area contributed by atoms with Crippen molar-refractivity contribution in [1.29, 1.82) is 0 Å². The second-order valence-corrected chi connectivity index (χ2v) is 6.06. The van der Waals surface area contributed by atoms with Gasteiger partial charge in [0, 0.05) is 22.7 Å². The summed E-state index contributed by atoms with van der Waals surface area (Å²) >= 11 is 0. The minimum atomic E-state index is -0.149. The SMILES string of the molecule is Cc1ccc(C)c(NC(=O)c2cc3ccc4cccnc4c3[nH]2)c1. The van der Waals surface area contributed by atoms with Crippen molar-refractivity contribution in [2.75, 3.05) is 5.32 Å². The van der Waals surface area contributed by atoms with Crippen LogP contribution in [0.2, 0.25) is 0 Å². The number of H-pyrrole nitrogens is 1. The number of nitrogens with zero attached hydrogens (tertiary/aromatic N) is 1. The van der Waals surface area contributed by atoms with Crippen LogP contribution in [0, 0.1) is 13.8 Å². The largest absolute Gasteiger partial charge is 0.349 e. The summed E-state index contributed by atoms with van der Waals surface area (Å²) in [6.07, 6.45) is 1.76. The number of aromatic nitrogens is 2. The summed E-state index contributed by atoms with van der Waals surface area (Å²) in [4.78, 5) is 20.3. The Bertz CT molecular complexity index is 1080. The van der Waals surface area contributed by atoms with Crippen molar-refractivity contribution < 1.29 is 4.79 Å². The first-order valence-corrected chi connectivity index (χ1v) is 7.87. The number of aryl methyl sites for hydroxylation is 2. The van der Waals surface area contributed by atoms with Gasteiger partial charge in [0.05, 0.1) is 11.0 Å². The fourth-order valence-corrected chi connectivity index (χ4v) is 2.92. The Balaban J connectivity index is 1.74. The van der Waals surface area contributed by atoms with Gasteiger partial charge in [0.15, 0.2) is 0 Å². The standard InChI is InChI=1S/C20H17N3O/c1-12-5-6-13(2)16(10-12)23-20(24)17-11-15-8-7-14-4-3-9-21-18(14)19(15)22-17/h3-11,22H,1-2H3,(H,23,24). The highest BCUT2D eigenvalue weighted by Crippen LogP contribution is 2.24. The van der Waals surface area contributed by atoms with E-state index in [0.717, 1.165) is 38.6 Å². The number of hydrogen-bond donors (Lipinski definition) is 2. The molecule has 0 fully saturated rings. The van der Waals surface area contributed by atoms with Gasteiger partial charge in [0.1, 0.15) is 5.69 Å². The van der Waals surface area contributed by atoms with E-state index < -0.39 is 0 Å². The number of pyridine rings is 1. The summed E-state index contributed by atoms with van der Waals surface area (Å²) in [5, 5.41) is 5.01. The van der Waals surface area contributed by atoms with Crippen LogP contribution in [0.1, 0.15) is 21.6 Å². The lowest BCUT2D eigenvalue weighted by atomic mass is 10.1. The van der Waals surface area contributed by atoms with Gasteiger partial charge in [-0.05, 0) is 43.2 Å². The lowest BCUT2D eigenvalue weighted by Gasteiger charge is -2.08. The Morgan fingerprint density at radius 3 is 2.75 bits per heavy atom. The average molecular weight is 315 g/mol. The van der Waals surface area contributed by atoms with Gasteiger partial charge in [0.25, 0.3) is 5.91 Å². The summed E-state index contributed by atoms with van der Waals surface area (Å²) in [5.41, 5.74) is 5.28. The maximum Gasteiger partial charge on any atom is 0.272 e. The van der Waals surface area contributed by atoms with Crippen molar-refractivity contribution in [1.82, 2.24) is 9.97 Å². The van der Waals surface area contributed by atoms with Crippen LogP contribution in [0.4, 0.5) is 5.69 Å². The Morgan fingerprint density at radius 1 is 1.04 bits per heavy atom. The van der Waals surface area contributed by atoms with Crippen LogP contribution in [-0.2, 0) is 0 Å². The molecule has 4 aromatic rings. The van der Waals surface area contributed by atoms with Crippen molar-refractivity contribution in [3.8, 4) is 0 Å². The van der Waals surface area contributed by atoms with Crippen LogP contribution >= 0.6 is 0 Å². The first-order chi connectivity index (χ1) is 11.6. The predicted molar refractivity (Wildman–Crippen MR) is 97.5 cm³/mol. The summed E-state index contributed by atoms with van der Waals surface area (Å²) < 4.78 is 0. The molecule has 2 heterocycles. The highest BCUT2D eigenvalue weighted by Gasteiger charge is 2.13. The number of amides is 1. The molecule has 0 unspecified atom stereocenters. The smallest absolute Gasteiger partial charge is 0.272 e. The monoisotopic (exact) mass is 315 g/mol. The molecule has 0 aliphatic rings. The second-order valence-electron chi connectivity index (χ2n) is 6.06. The third kappa shape index (κ3) is 2.42. The number of hydrogen-bond acceptors (Lipinski definition) is 2. The van der Waals surface area contributed by atoms with Crippen LogP contribution in [0.25, 0.3) is 21.8 Å². The highest BCUT2D eigenvalue weighted by molar-refractivity contribution is 6.10. The van der Waals surface area contributed by atoms with E-state index in [-0.39, 0.29) is 5.91 Å². The minimum Gasteiger partial charge on any atom is -0.349 e. The number of fused-ring (bicyclic) bond motifs is 3. The van der Waals surface area contributed by atoms with E-state index in [1.165, 1.54) is 0 Å². The number of carbonyl (C=O) groups excluding carboxylic acids is 1. The molecule has 4 rings (SSSR count). The highest BCUT2D eigenvalue weighted by atomic mass is 16.1. The Kier molecular flexibility index (Phi) is 3.31. The van der Waals surface area contributed by atoms with Crippen LogP contribution in [-0.4, -0.2) is 15.9 Å². The Hall–Kier alpha value is -3.14. The van der Waals surface area contributed by atoms with E-state index in [1.807, 2.05) is 62.4 Å². The average Bonchev–Trinajstić information content (AvgIpc) is 3.03. The molecule has 118 valence electrons. The van der Waals surface area contributed by atoms with E-state index in [1.54, 1.807) is 6.20 Å². The molecule has 4 nitrogen and oxygen atoms in total. The minimum absolute atomic E-state index is 0.149. The molecule has 0 spiro atoms. The molecule has 2 N–H and O–H groups in total. The summed E-state index contributed by atoms with van der Waals surface area (Å²) in [6.45, 7) is 3.99. The third-order valence-electron chi connectivity index (χ3n) is 4.25. The topological polar surface area (TPSA) is 57.8 Å². The van der Waals surface area contributed by atoms with Gasteiger partial charge in [0.2, 0.25) is 0 Å². The molecule has 24 heavy (non-hydrogen) atoms. The molecular formula is C20H17N3O. The fraction of sp³-hybridized carbons (Fsp3) is 0.100. The summed E-state index contributed by atoms with van der Waals surface area (Å²) in [6, 6.07) is 15.8. The lowest BCUT2D eigenvalue weighted by Crippen LogP contribution is -2.13. The van der Waals surface area contributed by atoms with Gasteiger partial charge in [-0.2, -0.15) is 0 Å². The van der Waals surface area contributed by atoms with Gasteiger partial charge in [-0.3, -0.25) is 9.78 Å². The number of rotatable bonds is 2. The number of anilines is 1. The molecule has 0 radical (unpaired) electrons. The molecule has 0 aliphatic carbocycles. The van der Waals surface area contributed by atoms with Crippen LogP contribution in [0.3, 0.4) is 0 Å². The van der Waals surface area contributed by atoms with Crippen molar-refractivity contribution in [2.45, 2.75) is 13.8 Å². The van der Waals surface area contributed by atoms with Gasteiger partial charge in [-0.1, -0.05) is 30.3 Å². The van der Waals surface area contributed by atoms with Crippen LogP contribution < -0.4 is 5.32 Å². The number of aromatic amines is 1. The van der Waals surface area contributed by atoms with E-state index in [9.17, 15) is 4.79 Å². The second kappa shape index (κ2) is 5.49. The lowest BCUT2D eigenvalue weighted by molar-refractivity contribution is 0.102. The molecule has 0 saturated heterocycles. The van der Waals surface area contributed by atoms with Gasteiger partial charge < -0.3 is 10.3 Å². The zero-order chi connectivity index (χ0) is 16.7. The van der Waals surface area contributed by atoms with Gasteiger partial charge in [-0.15, -0.1) is 0 Å². The van der Waals surface area contributed by atoms with E-state index in [0.29, 0.717) is 5.69 Å². The molecule has 0 aliphatic heterocycles. The number of benzene rings is 2. The molecule has 4 heteroatoms. The van der Waals surface area contributed by atoms with Crippen LogP contribution in [0.15, 0.2) is 54.7 Å². The van der Waals surface area contributed by atoms with Crippen LogP contribution in [0.5, 0.6) is 0 Å². The van der Waals surface area contributed by atoms with Crippen molar-refractivity contribution in [2.24, 2.45) is 0 Å². The summed E-state index contributed by atoms with van der Waals surface area (Å²) in [7, 11) is 0. The first kappa shape index (κ1) is 14.5. The van der Waals surface area contributed by atoms with E-state index in [2.05, 4.69) is 15.3 Å². The van der Waals surface area contributed by atoms with Crippen molar-refractivity contribution >= 4 is 33.4 Å². The molecule has 0 bridgehead atoms. The zero-order valence-corrected chi connectivity index (χ0v) is 13.6. The zero-order valence-electron chi connectivity index (χ0n) is 13.6.